The third-order valence-corrected chi connectivity index (χ3v) is 2.99. The van der Waals surface area contributed by atoms with E-state index in [-0.39, 0.29) is 0 Å². The van der Waals surface area contributed by atoms with Crippen molar-refractivity contribution >= 4 is 11.8 Å². The zero-order valence-corrected chi connectivity index (χ0v) is 12.1. The Balaban J connectivity index is 1.99. The largest absolute Gasteiger partial charge is 0.364 e. The molecule has 2 rings (SSSR count). The van der Waals surface area contributed by atoms with Crippen LogP contribution in [-0.2, 0) is 13.0 Å². The van der Waals surface area contributed by atoms with Crippen molar-refractivity contribution in [2.45, 2.75) is 33.2 Å². The Bertz CT molecular complexity index is 541. The van der Waals surface area contributed by atoms with Crippen molar-refractivity contribution < 1.29 is 0 Å². The predicted octanol–water partition coefficient (Wildman–Crippen LogP) is 2.87. The van der Waals surface area contributed by atoms with Gasteiger partial charge in [-0.1, -0.05) is 19.9 Å². The fraction of sp³-hybridized carbons (Fsp3) is 0.400. The van der Waals surface area contributed by atoms with E-state index in [1.807, 2.05) is 18.3 Å². The van der Waals surface area contributed by atoms with Crippen LogP contribution in [0.1, 0.15) is 31.5 Å². The van der Waals surface area contributed by atoms with Crippen LogP contribution in [0.25, 0.3) is 0 Å². The van der Waals surface area contributed by atoms with E-state index in [1.165, 1.54) is 5.56 Å². The molecule has 0 aliphatic rings. The molecule has 0 saturated carbocycles. The molecule has 0 unspecified atom stereocenters. The van der Waals surface area contributed by atoms with Gasteiger partial charge < -0.3 is 10.6 Å². The third-order valence-electron chi connectivity index (χ3n) is 2.99. The highest BCUT2D eigenvalue weighted by molar-refractivity contribution is 5.40. The van der Waals surface area contributed by atoms with E-state index in [2.05, 4.69) is 45.5 Å². The molecule has 0 bridgehead atoms. The average molecular weight is 271 g/mol. The number of pyridine rings is 1. The normalized spacial score (nSPS) is 10.3. The van der Waals surface area contributed by atoms with Gasteiger partial charge in [0.05, 0.1) is 12.2 Å². The first-order valence-electron chi connectivity index (χ1n) is 7.07. The fourth-order valence-electron chi connectivity index (χ4n) is 1.91. The maximum atomic E-state index is 4.42. The van der Waals surface area contributed by atoms with E-state index in [9.17, 15) is 0 Å². The summed E-state index contributed by atoms with van der Waals surface area (Å²) in [7, 11) is 0. The lowest BCUT2D eigenvalue weighted by molar-refractivity contribution is 0.941. The summed E-state index contributed by atoms with van der Waals surface area (Å²) in [6.45, 7) is 5.80. The molecule has 106 valence electrons. The maximum absolute atomic E-state index is 4.42. The van der Waals surface area contributed by atoms with Crippen molar-refractivity contribution in [1.82, 2.24) is 15.0 Å². The topological polar surface area (TPSA) is 62.7 Å². The monoisotopic (exact) mass is 271 g/mol. The third kappa shape index (κ3) is 3.91. The van der Waals surface area contributed by atoms with Gasteiger partial charge in [-0.15, -0.1) is 0 Å². The number of nitrogens with zero attached hydrogens (tertiary/aromatic N) is 3. The van der Waals surface area contributed by atoms with Gasteiger partial charge in [0, 0.05) is 18.9 Å². The molecule has 2 aromatic rings. The van der Waals surface area contributed by atoms with Crippen LogP contribution in [-0.4, -0.2) is 21.5 Å². The van der Waals surface area contributed by atoms with Crippen LogP contribution in [0.2, 0.25) is 0 Å². The lowest BCUT2D eigenvalue weighted by atomic mass is 10.1. The van der Waals surface area contributed by atoms with Crippen LogP contribution < -0.4 is 10.6 Å². The number of aryl methyl sites for hydroxylation is 1. The predicted molar refractivity (Wildman–Crippen MR) is 81.8 cm³/mol. The Labute approximate surface area is 119 Å². The van der Waals surface area contributed by atoms with E-state index in [4.69, 9.17) is 0 Å². The number of hydrogen-bond acceptors (Lipinski definition) is 5. The van der Waals surface area contributed by atoms with Crippen molar-refractivity contribution in [1.29, 1.82) is 0 Å². The van der Waals surface area contributed by atoms with E-state index in [1.54, 1.807) is 6.20 Å². The molecule has 0 spiro atoms. The van der Waals surface area contributed by atoms with E-state index in [0.717, 1.165) is 30.9 Å². The molecule has 20 heavy (non-hydrogen) atoms. The van der Waals surface area contributed by atoms with Crippen LogP contribution in [0, 0.1) is 0 Å². The standard InChI is InChI=1S/C15H21N5/c1-3-8-17-15-18-10-7-14(20-15)19-11-13-12(4-2)6-5-9-16-13/h5-7,9-10H,3-4,8,11H2,1-2H3,(H2,17,18,19,20). The Kier molecular flexibility index (Phi) is 5.29. The quantitative estimate of drug-likeness (QED) is 0.810. The van der Waals surface area contributed by atoms with E-state index < -0.39 is 0 Å². The molecule has 0 fully saturated rings. The number of hydrogen-bond donors (Lipinski definition) is 2. The minimum Gasteiger partial charge on any atom is -0.364 e. The minimum absolute atomic E-state index is 0.661. The van der Waals surface area contributed by atoms with Gasteiger partial charge in [-0.2, -0.15) is 4.98 Å². The molecular weight excluding hydrogens is 250 g/mol. The molecule has 0 aliphatic carbocycles. The molecule has 0 amide bonds. The lowest BCUT2D eigenvalue weighted by Crippen LogP contribution is -2.09. The van der Waals surface area contributed by atoms with Gasteiger partial charge in [-0.05, 0) is 30.5 Å². The summed E-state index contributed by atoms with van der Waals surface area (Å²) in [5, 5.41) is 6.48. The van der Waals surface area contributed by atoms with Gasteiger partial charge in [0.25, 0.3) is 0 Å². The molecule has 2 heterocycles. The summed E-state index contributed by atoms with van der Waals surface area (Å²) in [6.07, 6.45) is 5.61. The first-order chi connectivity index (χ1) is 9.83. The van der Waals surface area contributed by atoms with Crippen molar-refractivity contribution in [3.05, 3.63) is 41.9 Å². The summed E-state index contributed by atoms with van der Waals surface area (Å²) in [5.41, 5.74) is 2.33. The molecule has 5 heteroatoms. The second kappa shape index (κ2) is 7.43. The molecule has 2 aromatic heterocycles. The average Bonchev–Trinajstić information content (AvgIpc) is 2.51. The molecule has 0 aliphatic heterocycles. The van der Waals surface area contributed by atoms with Crippen molar-refractivity contribution in [3.63, 3.8) is 0 Å². The number of nitrogens with one attached hydrogen (secondary N) is 2. The minimum atomic E-state index is 0.661. The van der Waals surface area contributed by atoms with Gasteiger partial charge in [-0.25, -0.2) is 4.98 Å². The van der Waals surface area contributed by atoms with Crippen molar-refractivity contribution in [2.24, 2.45) is 0 Å². The Morgan fingerprint density at radius 3 is 2.75 bits per heavy atom. The Hall–Kier alpha value is -2.17. The molecule has 0 radical (unpaired) electrons. The first-order valence-corrected chi connectivity index (χ1v) is 7.07. The van der Waals surface area contributed by atoms with E-state index >= 15 is 0 Å². The van der Waals surface area contributed by atoms with Crippen molar-refractivity contribution in [2.75, 3.05) is 17.2 Å². The van der Waals surface area contributed by atoms with Gasteiger partial charge in [0.1, 0.15) is 5.82 Å². The maximum Gasteiger partial charge on any atom is 0.224 e. The second-order valence-electron chi connectivity index (χ2n) is 4.51. The Morgan fingerprint density at radius 2 is 1.95 bits per heavy atom. The zero-order valence-electron chi connectivity index (χ0n) is 12.1. The van der Waals surface area contributed by atoms with Crippen LogP contribution in [0.15, 0.2) is 30.6 Å². The lowest BCUT2D eigenvalue weighted by Gasteiger charge is -2.09. The summed E-state index contributed by atoms with van der Waals surface area (Å²) >= 11 is 0. The van der Waals surface area contributed by atoms with Gasteiger partial charge >= 0.3 is 0 Å². The highest BCUT2D eigenvalue weighted by Gasteiger charge is 2.03. The number of anilines is 2. The van der Waals surface area contributed by atoms with Crippen LogP contribution >= 0.6 is 0 Å². The second-order valence-corrected chi connectivity index (χ2v) is 4.51. The highest BCUT2D eigenvalue weighted by atomic mass is 15.1. The smallest absolute Gasteiger partial charge is 0.224 e. The van der Waals surface area contributed by atoms with Crippen LogP contribution in [0.3, 0.4) is 0 Å². The van der Waals surface area contributed by atoms with Gasteiger partial charge in [-0.3, -0.25) is 4.98 Å². The SMILES string of the molecule is CCCNc1nccc(NCc2ncccc2CC)n1. The number of aromatic nitrogens is 3. The van der Waals surface area contributed by atoms with Crippen molar-refractivity contribution in [3.8, 4) is 0 Å². The molecular formula is C15H21N5. The van der Waals surface area contributed by atoms with Crippen LogP contribution in [0.5, 0.6) is 0 Å². The van der Waals surface area contributed by atoms with Crippen LogP contribution in [0.4, 0.5) is 11.8 Å². The van der Waals surface area contributed by atoms with Gasteiger partial charge in [0.15, 0.2) is 0 Å². The zero-order chi connectivity index (χ0) is 14.2. The summed E-state index contributed by atoms with van der Waals surface area (Å²) < 4.78 is 0. The molecule has 0 saturated heterocycles. The summed E-state index contributed by atoms with van der Waals surface area (Å²) in [4.78, 5) is 13.0. The molecule has 5 nitrogen and oxygen atoms in total. The van der Waals surface area contributed by atoms with E-state index in [0.29, 0.717) is 12.5 Å². The molecule has 2 N–H and O–H groups in total. The summed E-state index contributed by atoms with van der Waals surface area (Å²) in [6, 6.07) is 5.95. The summed E-state index contributed by atoms with van der Waals surface area (Å²) in [5.74, 6) is 1.47. The number of rotatable bonds is 7. The van der Waals surface area contributed by atoms with Gasteiger partial charge in [0.2, 0.25) is 5.95 Å². The highest BCUT2D eigenvalue weighted by Crippen LogP contribution is 2.10. The molecule has 0 aromatic carbocycles. The fourth-order valence-corrected chi connectivity index (χ4v) is 1.91. The first kappa shape index (κ1) is 14.2. The Morgan fingerprint density at radius 1 is 1.05 bits per heavy atom. The molecule has 0 atom stereocenters.